The van der Waals surface area contributed by atoms with Crippen molar-refractivity contribution in [2.75, 3.05) is 45.3 Å². The second-order valence-corrected chi connectivity index (χ2v) is 7.24. The van der Waals surface area contributed by atoms with Crippen LogP contribution >= 0.6 is 0 Å². The Morgan fingerprint density at radius 1 is 0.828 bits per heavy atom. The number of hydrogen-bond donors (Lipinski definition) is 1. The van der Waals surface area contributed by atoms with E-state index < -0.39 is 0 Å². The first kappa shape index (κ1) is 19.3. The molecular weight excluding hydrogens is 362 g/mol. The fraction of sp³-hybridized carbons (Fsp3) is 0.292. The molecule has 0 atom stereocenters. The highest BCUT2D eigenvalue weighted by atomic mass is 16.5. The van der Waals surface area contributed by atoms with Gasteiger partial charge >= 0.3 is 0 Å². The topological polar surface area (TPSA) is 46.6 Å². The van der Waals surface area contributed by atoms with E-state index in [1.54, 1.807) is 14.2 Å². The largest absolute Gasteiger partial charge is 0.497 e. The van der Waals surface area contributed by atoms with Crippen molar-refractivity contribution in [3.63, 3.8) is 0 Å². The predicted molar refractivity (Wildman–Crippen MR) is 118 cm³/mol. The summed E-state index contributed by atoms with van der Waals surface area (Å²) in [6.07, 6.45) is 3.85. The summed E-state index contributed by atoms with van der Waals surface area (Å²) in [6.45, 7) is 6.32. The Labute approximate surface area is 172 Å². The molecule has 150 valence electrons. The third-order valence-corrected chi connectivity index (χ3v) is 5.54. The number of piperazine rings is 1. The Morgan fingerprint density at radius 2 is 1.41 bits per heavy atom. The second-order valence-electron chi connectivity index (χ2n) is 7.24. The highest BCUT2D eigenvalue weighted by Gasteiger charge is 2.13. The molecule has 29 heavy (non-hydrogen) atoms. The van der Waals surface area contributed by atoms with E-state index in [4.69, 9.17) is 9.47 Å². The number of anilines is 1. The van der Waals surface area contributed by atoms with Gasteiger partial charge in [-0.05, 0) is 47.9 Å². The van der Waals surface area contributed by atoms with E-state index in [9.17, 15) is 0 Å². The molecule has 1 aliphatic rings. The maximum atomic E-state index is 5.43. The Kier molecular flexibility index (Phi) is 5.67. The predicted octanol–water partition coefficient (Wildman–Crippen LogP) is 4.15. The van der Waals surface area contributed by atoms with Crippen LogP contribution in [0.4, 0.5) is 5.69 Å². The number of methoxy groups -OCH3 is 2. The zero-order valence-electron chi connectivity index (χ0n) is 17.2. The number of aromatic nitrogens is 1. The molecular formula is C24H27N3O2. The normalized spacial score (nSPS) is 14.0. The van der Waals surface area contributed by atoms with Crippen LogP contribution in [-0.4, -0.2) is 45.4 Å². The molecule has 3 aromatic rings. The van der Waals surface area contributed by atoms with Crippen molar-refractivity contribution in [3.05, 3.63) is 60.4 Å². The van der Waals surface area contributed by atoms with E-state index >= 15 is 0 Å². The third-order valence-electron chi connectivity index (χ3n) is 5.54. The summed E-state index contributed by atoms with van der Waals surface area (Å²) < 4.78 is 10.9. The highest BCUT2D eigenvalue weighted by molar-refractivity contribution is 5.78. The molecule has 2 aromatic carbocycles. The summed E-state index contributed by atoms with van der Waals surface area (Å²) in [6, 6.07) is 14.7. The first-order chi connectivity index (χ1) is 14.2. The van der Waals surface area contributed by atoms with Crippen molar-refractivity contribution >= 4 is 5.69 Å². The average Bonchev–Trinajstić information content (AvgIpc) is 2.79. The SMILES string of the molecule is COc1cc(OC)cc(-c2cncc(-c3ccc(N4CCNCC4)cc3)c2C)c1. The summed E-state index contributed by atoms with van der Waals surface area (Å²) in [5, 5.41) is 3.40. The van der Waals surface area contributed by atoms with E-state index in [-0.39, 0.29) is 0 Å². The first-order valence-electron chi connectivity index (χ1n) is 9.94. The Hall–Kier alpha value is -3.05. The van der Waals surface area contributed by atoms with Gasteiger partial charge in [0.05, 0.1) is 14.2 Å². The number of ether oxygens (including phenoxy) is 2. The smallest absolute Gasteiger partial charge is 0.123 e. The van der Waals surface area contributed by atoms with E-state index in [0.717, 1.165) is 54.4 Å². The van der Waals surface area contributed by atoms with Crippen LogP contribution in [0.1, 0.15) is 5.56 Å². The average molecular weight is 389 g/mol. The minimum Gasteiger partial charge on any atom is -0.497 e. The van der Waals surface area contributed by atoms with Crippen LogP contribution in [0.25, 0.3) is 22.3 Å². The Balaban J connectivity index is 1.68. The molecule has 5 heteroatoms. The van der Waals surface area contributed by atoms with Crippen LogP contribution in [-0.2, 0) is 0 Å². The lowest BCUT2D eigenvalue weighted by atomic mass is 9.95. The van der Waals surface area contributed by atoms with Gasteiger partial charge in [0.25, 0.3) is 0 Å². The minimum atomic E-state index is 0.768. The third kappa shape index (κ3) is 4.05. The summed E-state index contributed by atoms with van der Waals surface area (Å²) in [7, 11) is 3.33. The monoisotopic (exact) mass is 389 g/mol. The van der Waals surface area contributed by atoms with E-state index in [1.165, 1.54) is 16.8 Å². The van der Waals surface area contributed by atoms with Crippen molar-refractivity contribution in [1.82, 2.24) is 10.3 Å². The summed E-state index contributed by atoms with van der Waals surface area (Å²) in [5.74, 6) is 1.54. The van der Waals surface area contributed by atoms with E-state index in [0.29, 0.717) is 0 Å². The van der Waals surface area contributed by atoms with Gasteiger partial charge in [0.2, 0.25) is 0 Å². The lowest BCUT2D eigenvalue weighted by Gasteiger charge is -2.29. The molecule has 0 amide bonds. The van der Waals surface area contributed by atoms with Crippen molar-refractivity contribution in [3.8, 4) is 33.8 Å². The molecule has 1 aliphatic heterocycles. The number of rotatable bonds is 5. The molecule has 0 saturated carbocycles. The fourth-order valence-electron chi connectivity index (χ4n) is 3.84. The van der Waals surface area contributed by atoms with Crippen LogP contribution in [0.5, 0.6) is 11.5 Å². The lowest BCUT2D eigenvalue weighted by Crippen LogP contribution is -2.43. The molecule has 0 bridgehead atoms. The van der Waals surface area contributed by atoms with Crippen molar-refractivity contribution in [2.45, 2.75) is 6.92 Å². The fourth-order valence-corrected chi connectivity index (χ4v) is 3.84. The number of nitrogens with one attached hydrogen (secondary N) is 1. The Morgan fingerprint density at radius 3 is 2.00 bits per heavy atom. The molecule has 0 spiro atoms. The minimum absolute atomic E-state index is 0.768. The van der Waals surface area contributed by atoms with Crippen LogP contribution in [0, 0.1) is 6.92 Å². The maximum absolute atomic E-state index is 5.43. The molecule has 0 unspecified atom stereocenters. The molecule has 5 nitrogen and oxygen atoms in total. The van der Waals surface area contributed by atoms with Crippen LogP contribution in [0.2, 0.25) is 0 Å². The van der Waals surface area contributed by atoms with Crippen molar-refractivity contribution in [2.24, 2.45) is 0 Å². The van der Waals surface area contributed by atoms with Gasteiger partial charge in [-0.25, -0.2) is 0 Å². The van der Waals surface area contributed by atoms with Crippen LogP contribution < -0.4 is 19.7 Å². The molecule has 4 rings (SSSR count). The van der Waals surface area contributed by atoms with Gasteiger partial charge in [0, 0.05) is 61.5 Å². The molecule has 0 radical (unpaired) electrons. The zero-order chi connectivity index (χ0) is 20.2. The van der Waals surface area contributed by atoms with Gasteiger partial charge < -0.3 is 19.7 Å². The number of hydrogen-bond acceptors (Lipinski definition) is 5. The lowest BCUT2D eigenvalue weighted by molar-refractivity contribution is 0.394. The zero-order valence-corrected chi connectivity index (χ0v) is 17.2. The first-order valence-corrected chi connectivity index (χ1v) is 9.94. The summed E-state index contributed by atoms with van der Waals surface area (Å²) in [4.78, 5) is 6.94. The van der Waals surface area contributed by atoms with Gasteiger partial charge in [-0.15, -0.1) is 0 Å². The molecule has 1 fully saturated rings. The van der Waals surface area contributed by atoms with Gasteiger partial charge in [-0.2, -0.15) is 0 Å². The molecule has 1 saturated heterocycles. The van der Waals surface area contributed by atoms with Crippen molar-refractivity contribution < 1.29 is 9.47 Å². The second kappa shape index (κ2) is 8.53. The van der Waals surface area contributed by atoms with Gasteiger partial charge in [0.1, 0.15) is 11.5 Å². The van der Waals surface area contributed by atoms with Gasteiger partial charge in [-0.1, -0.05) is 12.1 Å². The van der Waals surface area contributed by atoms with Crippen LogP contribution in [0.3, 0.4) is 0 Å². The molecule has 0 aliphatic carbocycles. The Bertz CT molecular complexity index is 958. The molecule has 1 N–H and O–H groups in total. The quantitative estimate of drug-likeness (QED) is 0.710. The van der Waals surface area contributed by atoms with Gasteiger partial charge in [0.15, 0.2) is 0 Å². The molecule has 1 aromatic heterocycles. The van der Waals surface area contributed by atoms with E-state index in [2.05, 4.69) is 46.4 Å². The highest BCUT2D eigenvalue weighted by Crippen LogP contribution is 2.35. The number of benzene rings is 2. The van der Waals surface area contributed by atoms with E-state index in [1.807, 2.05) is 30.6 Å². The van der Waals surface area contributed by atoms with Gasteiger partial charge in [-0.3, -0.25) is 4.98 Å². The standard InChI is InChI=1S/C24H27N3O2/c1-17-23(18-4-6-20(7-5-18)27-10-8-25-9-11-27)15-26-16-24(17)19-12-21(28-2)14-22(13-19)29-3/h4-7,12-16,25H,8-11H2,1-3H3. The number of nitrogens with zero attached hydrogens (tertiary/aromatic N) is 2. The van der Waals surface area contributed by atoms with Crippen LogP contribution in [0.15, 0.2) is 54.9 Å². The summed E-state index contributed by atoms with van der Waals surface area (Å²) >= 11 is 0. The van der Waals surface area contributed by atoms with Crippen molar-refractivity contribution in [1.29, 1.82) is 0 Å². The maximum Gasteiger partial charge on any atom is 0.123 e. The molecule has 2 heterocycles. The number of pyridine rings is 1. The summed E-state index contributed by atoms with van der Waals surface area (Å²) in [5.41, 5.74) is 6.87.